The second-order valence-corrected chi connectivity index (χ2v) is 6.13. The number of aromatic hydroxyl groups is 1. The lowest BCUT2D eigenvalue weighted by atomic mass is 9.87. The first kappa shape index (κ1) is 14.3. The fourth-order valence-electron chi connectivity index (χ4n) is 2.80. The number of phenols is 1. The molecule has 0 aliphatic heterocycles. The molecule has 2 aromatic rings. The first-order chi connectivity index (χ1) is 10.0. The van der Waals surface area contributed by atoms with Crippen LogP contribution < -0.4 is 5.32 Å². The van der Waals surface area contributed by atoms with Gasteiger partial charge in [-0.3, -0.25) is 0 Å². The van der Waals surface area contributed by atoms with Crippen LogP contribution in [0.1, 0.15) is 30.0 Å². The van der Waals surface area contributed by atoms with E-state index in [1.54, 1.807) is 12.1 Å². The van der Waals surface area contributed by atoms with E-state index in [1.807, 2.05) is 6.07 Å². The molecule has 0 amide bonds. The zero-order valence-corrected chi connectivity index (χ0v) is 12.8. The Hall–Kier alpha value is -1.62. The number of aryl methyl sites for hydroxylation is 1. The normalized spacial score (nSPS) is 17.4. The average molecular weight is 354 g/mol. The fraction of sp³-hybridized carbons (Fsp3) is 0.250. The molecule has 0 spiro atoms. The number of halogens is 3. The van der Waals surface area contributed by atoms with Crippen molar-refractivity contribution in [3.63, 3.8) is 0 Å². The Morgan fingerprint density at radius 3 is 2.57 bits per heavy atom. The van der Waals surface area contributed by atoms with Crippen molar-refractivity contribution < 1.29 is 13.9 Å². The van der Waals surface area contributed by atoms with E-state index in [0.29, 0.717) is 4.47 Å². The molecular weight excluding hydrogens is 340 g/mol. The maximum Gasteiger partial charge on any atom is 0.150 e. The molecule has 0 radical (unpaired) electrons. The van der Waals surface area contributed by atoms with Gasteiger partial charge in [-0.25, -0.2) is 8.78 Å². The molecule has 110 valence electrons. The lowest BCUT2D eigenvalue weighted by Gasteiger charge is -2.27. The summed E-state index contributed by atoms with van der Waals surface area (Å²) in [5.74, 6) is -1.02. The Morgan fingerprint density at radius 2 is 1.86 bits per heavy atom. The third-order valence-electron chi connectivity index (χ3n) is 3.77. The Labute approximate surface area is 129 Å². The van der Waals surface area contributed by atoms with Crippen LogP contribution in [-0.4, -0.2) is 5.11 Å². The van der Waals surface area contributed by atoms with Crippen LogP contribution in [0.3, 0.4) is 0 Å². The van der Waals surface area contributed by atoms with Gasteiger partial charge in [0.25, 0.3) is 0 Å². The van der Waals surface area contributed by atoms with Gasteiger partial charge < -0.3 is 10.4 Å². The smallest absolute Gasteiger partial charge is 0.150 e. The van der Waals surface area contributed by atoms with Gasteiger partial charge in [0.05, 0.1) is 6.04 Å². The van der Waals surface area contributed by atoms with Crippen LogP contribution in [0.2, 0.25) is 0 Å². The van der Waals surface area contributed by atoms with Crippen LogP contribution in [0.15, 0.2) is 34.8 Å². The molecular formula is C16H14BrF2NO. The molecule has 0 saturated carbocycles. The lowest BCUT2D eigenvalue weighted by Crippen LogP contribution is -2.18. The van der Waals surface area contributed by atoms with E-state index < -0.39 is 11.6 Å². The van der Waals surface area contributed by atoms with Gasteiger partial charge in [-0.1, -0.05) is 22.0 Å². The summed E-state index contributed by atoms with van der Waals surface area (Å²) in [6.45, 7) is 0. The SMILES string of the molecule is Oc1ccc2c(c1)CCCC2Nc1c(F)cc(Br)cc1F. The van der Waals surface area contributed by atoms with Crippen LogP contribution in [0.4, 0.5) is 14.5 Å². The van der Waals surface area contributed by atoms with Crippen molar-refractivity contribution in [2.75, 3.05) is 5.32 Å². The zero-order chi connectivity index (χ0) is 15.0. The number of nitrogens with one attached hydrogen (secondary N) is 1. The minimum absolute atomic E-state index is 0.107. The van der Waals surface area contributed by atoms with Crippen molar-refractivity contribution in [3.05, 3.63) is 57.6 Å². The van der Waals surface area contributed by atoms with Crippen LogP contribution in [0.25, 0.3) is 0 Å². The highest BCUT2D eigenvalue weighted by molar-refractivity contribution is 9.10. The molecule has 3 rings (SSSR count). The number of phenolic OH excluding ortho intramolecular Hbond substituents is 1. The van der Waals surface area contributed by atoms with Gasteiger partial charge in [0, 0.05) is 4.47 Å². The maximum absolute atomic E-state index is 13.9. The molecule has 1 aliphatic rings. The molecule has 0 heterocycles. The first-order valence-corrected chi connectivity index (χ1v) is 7.57. The maximum atomic E-state index is 13.9. The Morgan fingerprint density at radius 1 is 1.14 bits per heavy atom. The summed E-state index contributed by atoms with van der Waals surface area (Å²) in [7, 11) is 0. The van der Waals surface area contributed by atoms with Crippen molar-refractivity contribution in [3.8, 4) is 5.75 Å². The van der Waals surface area contributed by atoms with Gasteiger partial charge in [-0.05, 0) is 54.7 Å². The third-order valence-corrected chi connectivity index (χ3v) is 4.22. The summed E-state index contributed by atoms with van der Waals surface area (Å²) in [5.41, 5.74) is 1.90. The highest BCUT2D eigenvalue weighted by atomic mass is 79.9. The van der Waals surface area contributed by atoms with Gasteiger partial charge >= 0.3 is 0 Å². The number of hydrogen-bond acceptors (Lipinski definition) is 2. The molecule has 0 aromatic heterocycles. The molecule has 1 unspecified atom stereocenters. The molecule has 21 heavy (non-hydrogen) atoms. The van der Waals surface area contributed by atoms with Gasteiger partial charge in [-0.15, -0.1) is 0 Å². The largest absolute Gasteiger partial charge is 0.508 e. The lowest BCUT2D eigenvalue weighted by molar-refractivity contribution is 0.472. The predicted octanol–water partition coefficient (Wildman–Crippen LogP) is 4.92. The minimum Gasteiger partial charge on any atom is -0.508 e. The molecule has 2 aromatic carbocycles. The van der Waals surface area contributed by atoms with E-state index in [2.05, 4.69) is 21.2 Å². The van der Waals surface area contributed by atoms with Crippen LogP contribution >= 0.6 is 15.9 Å². The van der Waals surface area contributed by atoms with Crippen LogP contribution in [0, 0.1) is 11.6 Å². The van der Waals surface area contributed by atoms with Crippen molar-refractivity contribution in [1.82, 2.24) is 0 Å². The van der Waals surface area contributed by atoms with E-state index in [9.17, 15) is 13.9 Å². The van der Waals surface area contributed by atoms with E-state index in [4.69, 9.17) is 0 Å². The van der Waals surface area contributed by atoms with Gasteiger partial charge in [0.15, 0.2) is 0 Å². The first-order valence-electron chi connectivity index (χ1n) is 6.77. The van der Waals surface area contributed by atoms with E-state index in [0.717, 1.165) is 30.4 Å². The molecule has 5 heteroatoms. The van der Waals surface area contributed by atoms with E-state index in [1.165, 1.54) is 12.1 Å². The van der Waals surface area contributed by atoms with E-state index >= 15 is 0 Å². The highest BCUT2D eigenvalue weighted by Crippen LogP contribution is 2.36. The minimum atomic E-state index is -0.618. The zero-order valence-electron chi connectivity index (χ0n) is 11.2. The Kier molecular flexibility index (Phi) is 3.85. The number of benzene rings is 2. The van der Waals surface area contributed by atoms with Crippen LogP contribution in [0.5, 0.6) is 5.75 Å². The number of anilines is 1. The van der Waals surface area contributed by atoms with Gasteiger partial charge in [-0.2, -0.15) is 0 Å². The summed E-state index contributed by atoms with van der Waals surface area (Å²) in [6, 6.07) is 7.47. The third kappa shape index (κ3) is 2.88. The summed E-state index contributed by atoms with van der Waals surface area (Å²) >= 11 is 3.07. The van der Waals surface area contributed by atoms with E-state index in [-0.39, 0.29) is 17.5 Å². The second kappa shape index (κ2) is 5.64. The molecule has 1 atom stereocenters. The molecule has 0 saturated heterocycles. The summed E-state index contributed by atoms with van der Waals surface area (Å²) in [6.07, 6.45) is 2.58. The fourth-order valence-corrected chi connectivity index (χ4v) is 3.21. The molecule has 0 bridgehead atoms. The van der Waals surface area contributed by atoms with Crippen molar-refractivity contribution >= 4 is 21.6 Å². The highest BCUT2D eigenvalue weighted by Gasteiger charge is 2.22. The number of rotatable bonds is 2. The standard InChI is InChI=1S/C16H14BrF2NO/c17-10-7-13(18)16(14(19)8-10)20-15-3-1-2-9-6-11(21)4-5-12(9)15/h4-8,15,20-21H,1-3H2. The molecule has 1 aliphatic carbocycles. The number of hydrogen-bond donors (Lipinski definition) is 2. The second-order valence-electron chi connectivity index (χ2n) is 5.22. The topological polar surface area (TPSA) is 32.3 Å². The van der Waals surface area contributed by atoms with Crippen LogP contribution in [-0.2, 0) is 6.42 Å². The Balaban J connectivity index is 1.94. The molecule has 2 nitrogen and oxygen atoms in total. The average Bonchev–Trinajstić information content (AvgIpc) is 2.42. The Bertz CT molecular complexity index is 667. The molecule has 0 fully saturated rings. The quantitative estimate of drug-likeness (QED) is 0.802. The van der Waals surface area contributed by atoms with Crippen molar-refractivity contribution in [2.24, 2.45) is 0 Å². The molecule has 2 N–H and O–H groups in total. The number of fused-ring (bicyclic) bond motifs is 1. The summed E-state index contributed by atoms with van der Waals surface area (Å²) < 4.78 is 28.2. The summed E-state index contributed by atoms with van der Waals surface area (Å²) in [5, 5.41) is 12.5. The van der Waals surface area contributed by atoms with Gasteiger partial charge in [0.1, 0.15) is 23.1 Å². The van der Waals surface area contributed by atoms with Crippen molar-refractivity contribution in [1.29, 1.82) is 0 Å². The van der Waals surface area contributed by atoms with Gasteiger partial charge in [0.2, 0.25) is 0 Å². The summed E-state index contributed by atoms with van der Waals surface area (Å²) in [4.78, 5) is 0. The predicted molar refractivity (Wildman–Crippen MR) is 81.5 cm³/mol. The monoisotopic (exact) mass is 353 g/mol. The van der Waals surface area contributed by atoms with Crippen molar-refractivity contribution in [2.45, 2.75) is 25.3 Å².